The lowest BCUT2D eigenvalue weighted by molar-refractivity contribution is 0.0215. The van der Waals surface area contributed by atoms with Crippen molar-refractivity contribution in [1.29, 1.82) is 0 Å². The molecule has 2 heterocycles. The Bertz CT molecular complexity index is 765. The Morgan fingerprint density at radius 2 is 2.08 bits per heavy atom. The molecule has 1 unspecified atom stereocenters. The SMILES string of the molecule is CC(C)(COC(=O)c1ccccc1)C1(CCCn2ccnc2)C=CC=N1. The summed E-state index contributed by atoms with van der Waals surface area (Å²) in [5, 5.41) is 0. The average molecular weight is 351 g/mol. The highest BCUT2D eigenvalue weighted by Gasteiger charge is 2.44. The summed E-state index contributed by atoms with van der Waals surface area (Å²) >= 11 is 0. The standard InChI is InChI=1S/C21H25N3O2/c1-20(2,16-26-19(25)18-8-4-3-5-9-18)21(10-6-12-23-21)11-7-14-24-15-13-22-17-24/h3-6,8-10,12-13,15,17H,7,11,14,16H2,1-2H3. The number of hydrogen-bond donors (Lipinski definition) is 0. The van der Waals surface area contributed by atoms with Crippen molar-refractivity contribution in [3.63, 3.8) is 0 Å². The Kier molecular flexibility index (Phi) is 5.35. The molecule has 26 heavy (non-hydrogen) atoms. The van der Waals surface area contributed by atoms with Crippen LogP contribution in [0.15, 0.2) is 66.2 Å². The van der Waals surface area contributed by atoms with Gasteiger partial charge in [-0.05, 0) is 31.1 Å². The van der Waals surface area contributed by atoms with Crippen molar-refractivity contribution >= 4 is 12.2 Å². The normalized spacial score (nSPS) is 19.0. The summed E-state index contributed by atoms with van der Waals surface area (Å²) in [5.74, 6) is -0.293. The van der Waals surface area contributed by atoms with Gasteiger partial charge >= 0.3 is 5.97 Å². The molecule has 0 N–H and O–H groups in total. The van der Waals surface area contributed by atoms with E-state index in [1.807, 2.05) is 43.0 Å². The highest BCUT2D eigenvalue weighted by Crippen LogP contribution is 2.41. The first-order chi connectivity index (χ1) is 12.5. The molecule has 136 valence electrons. The quantitative estimate of drug-likeness (QED) is 0.677. The minimum absolute atomic E-state index is 0.293. The molecule has 5 nitrogen and oxygen atoms in total. The molecule has 1 aliphatic heterocycles. The number of imidazole rings is 1. The molecule has 1 aromatic heterocycles. The van der Waals surface area contributed by atoms with Gasteiger partial charge in [0, 0.05) is 30.6 Å². The minimum Gasteiger partial charge on any atom is -0.461 e. The van der Waals surface area contributed by atoms with Crippen LogP contribution in [-0.2, 0) is 11.3 Å². The van der Waals surface area contributed by atoms with Crippen LogP contribution in [-0.4, -0.2) is 33.9 Å². The van der Waals surface area contributed by atoms with Crippen molar-refractivity contribution in [2.75, 3.05) is 6.61 Å². The molecule has 2 aromatic rings. The van der Waals surface area contributed by atoms with Gasteiger partial charge in [0.05, 0.1) is 24.0 Å². The van der Waals surface area contributed by atoms with E-state index in [0.717, 1.165) is 19.4 Å². The lowest BCUT2D eigenvalue weighted by Gasteiger charge is -2.40. The topological polar surface area (TPSA) is 56.5 Å². The van der Waals surface area contributed by atoms with Crippen molar-refractivity contribution in [3.05, 3.63) is 66.8 Å². The molecule has 0 spiro atoms. The van der Waals surface area contributed by atoms with Crippen LogP contribution >= 0.6 is 0 Å². The lowest BCUT2D eigenvalue weighted by atomic mass is 9.70. The first-order valence-electron chi connectivity index (χ1n) is 8.93. The fourth-order valence-electron chi connectivity index (χ4n) is 3.29. The van der Waals surface area contributed by atoms with Gasteiger partial charge < -0.3 is 9.30 Å². The van der Waals surface area contributed by atoms with Gasteiger partial charge in [-0.15, -0.1) is 0 Å². The van der Waals surface area contributed by atoms with Crippen LogP contribution in [0.25, 0.3) is 0 Å². The summed E-state index contributed by atoms with van der Waals surface area (Å²) in [6.45, 7) is 5.42. The van der Waals surface area contributed by atoms with Gasteiger partial charge in [-0.3, -0.25) is 4.99 Å². The van der Waals surface area contributed by atoms with Gasteiger partial charge in [0.15, 0.2) is 0 Å². The van der Waals surface area contributed by atoms with Crippen molar-refractivity contribution < 1.29 is 9.53 Å². The molecule has 0 saturated carbocycles. The molecule has 0 bridgehead atoms. The zero-order valence-corrected chi connectivity index (χ0v) is 15.3. The summed E-state index contributed by atoms with van der Waals surface area (Å²) in [5.41, 5.74) is -0.0941. The predicted molar refractivity (Wildman–Crippen MR) is 102 cm³/mol. The van der Waals surface area contributed by atoms with E-state index < -0.39 is 0 Å². The van der Waals surface area contributed by atoms with E-state index in [0.29, 0.717) is 12.2 Å². The van der Waals surface area contributed by atoms with Crippen LogP contribution in [0.1, 0.15) is 37.0 Å². The zero-order valence-electron chi connectivity index (χ0n) is 15.3. The lowest BCUT2D eigenvalue weighted by Crippen LogP contribution is -2.44. The van der Waals surface area contributed by atoms with Crippen LogP contribution < -0.4 is 0 Å². The van der Waals surface area contributed by atoms with Crippen LogP contribution in [0, 0.1) is 5.41 Å². The number of benzene rings is 1. The Labute approximate surface area is 154 Å². The monoisotopic (exact) mass is 351 g/mol. The highest BCUT2D eigenvalue weighted by atomic mass is 16.5. The Balaban J connectivity index is 1.63. The van der Waals surface area contributed by atoms with E-state index >= 15 is 0 Å². The third-order valence-electron chi connectivity index (χ3n) is 5.04. The molecule has 5 heteroatoms. The predicted octanol–water partition coefficient (Wildman–Crippen LogP) is 3.93. The fraction of sp³-hybridized carbons (Fsp3) is 0.381. The molecule has 0 radical (unpaired) electrons. The molecule has 0 amide bonds. The third kappa shape index (κ3) is 3.93. The molecule has 0 aliphatic carbocycles. The number of allylic oxidation sites excluding steroid dienone is 1. The Morgan fingerprint density at radius 1 is 1.27 bits per heavy atom. The first kappa shape index (κ1) is 18.1. The molecule has 1 atom stereocenters. The molecule has 1 aliphatic rings. The first-order valence-corrected chi connectivity index (χ1v) is 8.93. The van der Waals surface area contributed by atoms with E-state index in [-0.39, 0.29) is 16.9 Å². The second-order valence-corrected chi connectivity index (χ2v) is 7.29. The maximum absolute atomic E-state index is 12.3. The second-order valence-electron chi connectivity index (χ2n) is 7.29. The number of esters is 1. The van der Waals surface area contributed by atoms with Crippen LogP contribution in [0.4, 0.5) is 0 Å². The second kappa shape index (κ2) is 7.68. The van der Waals surface area contributed by atoms with E-state index in [1.54, 1.807) is 18.3 Å². The van der Waals surface area contributed by atoms with Gasteiger partial charge in [-0.25, -0.2) is 9.78 Å². The largest absolute Gasteiger partial charge is 0.461 e. The number of rotatable bonds is 8. The number of aryl methyl sites for hydroxylation is 1. The molecule has 1 aromatic carbocycles. The van der Waals surface area contributed by atoms with E-state index in [9.17, 15) is 4.79 Å². The van der Waals surface area contributed by atoms with Gasteiger partial charge in [-0.1, -0.05) is 38.1 Å². The molecule has 0 fully saturated rings. The molecular formula is C21H25N3O2. The summed E-state index contributed by atoms with van der Waals surface area (Å²) < 4.78 is 7.69. The van der Waals surface area contributed by atoms with Gasteiger partial charge in [0.1, 0.15) is 0 Å². The number of hydrogen-bond acceptors (Lipinski definition) is 4. The molecular weight excluding hydrogens is 326 g/mol. The van der Waals surface area contributed by atoms with Crippen molar-refractivity contribution in [2.45, 2.75) is 38.8 Å². The Morgan fingerprint density at radius 3 is 2.73 bits per heavy atom. The minimum atomic E-state index is -0.357. The van der Waals surface area contributed by atoms with E-state index in [1.165, 1.54) is 0 Å². The Hall–Kier alpha value is -2.69. The number of aromatic nitrogens is 2. The van der Waals surface area contributed by atoms with Crippen molar-refractivity contribution in [2.24, 2.45) is 10.4 Å². The van der Waals surface area contributed by atoms with Gasteiger partial charge in [-0.2, -0.15) is 0 Å². The zero-order chi connectivity index (χ0) is 18.5. The van der Waals surface area contributed by atoms with E-state index in [2.05, 4.69) is 29.5 Å². The number of aliphatic imine (C=N–C) groups is 1. The van der Waals surface area contributed by atoms with Crippen molar-refractivity contribution in [3.8, 4) is 0 Å². The van der Waals surface area contributed by atoms with Gasteiger partial charge in [0.2, 0.25) is 0 Å². The highest BCUT2D eigenvalue weighted by molar-refractivity contribution is 5.89. The van der Waals surface area contributed by atoms with E-state index in [4.69, 9.17) is 9.73 Å². The summed E-state index contributed by atoms with van der Waals surface area (Å²) in [6.07, 6.45) is 13.4. The van der Waals surface area contributed by atoms with Crippen LogP contribution in [0.2, 0.25) is 0 Å². The molecule has 0 saturated heterocycles. The summed E-state index contributed by atoms with van der Waals surface area (Å²) in [6, 6.07) is 9.09. The summed E-state index contributed by atoms with van der Waals surface area (Å²) in [4.78, 5) is 21.1. The van der Waals surface area contributed by atoms with Gasteiger partial charge in [0.25, 0.3) is 0 Å². The van der Waals surface area contributed by atoms with Crippen LogP contribution in [0.5, 0.6) is 0 Å². The summed E-state index contributed by atoms with van der Waals surface area (Å²) in [7, 11) is 0. The molecule has 3 rings (SSSR count). The third-order valence-corrected chi connectivity index (χ3v) is 5.04. The number of carbonyl (C=O) groups is 1. The average Bonchev–Trinajstić information content (AvgIpc) is 3.33. The number of carbonyl (C=O) groups excluding carboxylic acids is 1. The number of ether oxygens (including phenoxy) is 1. The van der Waals surface area contributed by atoms with Crippen molar-refractivity contribution in [1.82, 2.24) is 9.55 Å². The maximum atomic E-state index is 12.3. The van der Waals surface area contributed by atoms with Crippen LogP contribution in [0.3, 0.4) is 0 Å². The maximum Gasteiger partial charge on any atom is 0.338 e. The smallest absolute Gasteiger partial charge is 0.338 e. The number of nitrogens with zero attached hydrogens (tertiary/aromatic N) is 3. The fourth-order valence-corrected chi connectivity index (χ4v) is 3.29.